The van der Waals surface area contributed by atoms with Gasteiger partial charge in [0, 0.05) is 30.9 Å². The first-order chi connectivity index (χ1) is 16.1. The molecule has 1 atom stereocenters. The Bertz CT molecular complexity index is 1350. The van der Waals surface area contributed by atoms with Gasteiger partial charge in [-0.3, -0.25) is 9.59 Å². The number of amides is 1. The van der Waals surface area contributed by atoms with Gasteiger partial charge in [-0.1, -0.05) is 55.5 Å². The van der Waals surface area contributed by atoms with Crippen LogP contribution in [0.15, 0.2) is 65.6 Å². The average molecular weight is 443 g/mol. The number of piperidine rings is 1. The van der Waals surface area contributed by atoms with E-state index in [0.29, 0.717) is 17.9 Å². The number of hydrogen-bond donors (Lipinski definition) is 0. The summed E-state index contributed by atoms with van der Waals surface area (Å²) in [6, 6.07) is 18.1. The number of aromatic nitrogens is 3. The van der Waals surface area contributed by atoms with Crippen molar-refractivity contribution in [3.05, 3.63) is 76.7 Å². The van der Waals surface area contributed by atoms with Gasteiger partial charge in [0.05, 0.1) is 11.7 Å². The highest BCUT2D eigenvalue weighted by molar-refractivity contribution is 6.08. The molecule has 3 heterocycles. The fourth-order valence-corrected chi connectivity index (χ4v) is 5.30. The minimum atomic E-state index is -0.409. The van der Waals surface area contributed by atoms with Crippen molar-refractivity contribution in [2.24, 2.45) is 13.0 Å². The van der Waals surface area contributed by atoms with E-state index < -0.39 is 6.04 Å². The summed E-state index contributed by atoms with van der Waals surface area (Å²) < 4.78 is 3.32. The van der Waals surface area contributed by atoms with Crippen molar-refractivity contribution >= 4 is 27.7 Å². The van der Waals surface area contributed by atoms with E-state index in [2.05, 4.69) is 29.4 Å². The third kappa shape index (κ3) is 3.84. The zero-order valence-corrected chi connectivity index (χ0v) is 19.3. The molecule has 0 aliphatic carbocycles. The highest BCUT2D eigenvalue weighted by atomic mass is 16.2. The number of aryl methyl sites for hydroxylation is 1. The van der Waals surface area contributed by atoms with Crippen LogP contribution in [0.2, 0.25) is 0 Å². The van der Waals surface area contributed by atoms with Gasteiger partial charge in [-0.15, -0.1) is 0 Å². The summed E-state index contributed by atoms with van der Waals surface area (Å²) in [5.41, 5.74) is 2.67. The summed E-state index contributed by atoms with van der Waals surface area (Å²) in [6.45, 7) is 3.56. The summed E-state index contributed by atoms with van der Waals surface area (Å²) in [6.07, 6.45) is 5.45. The number of likely N-dealkylation sites (tertiary alicyclic amines) is 1. The zero-order chi connectivity index (χ0) is 22.9. The minimum absolute atomic E-state index is 0.108. The molecule has 4 aromatic rings. The molecule has 0 radical (unpaired) electrons. The number of hydrogen-bond acceptors (Lipinski definition) is 3. The number of rotatable bonds is 5. The topological polar surface area (TPSA) is 60.1 Å². The molecule has 1 amide bonds. The lowest BCUT2D eigenvalue weighted by Crippen LogP contribution is -2.43. The summed E-state index contributed by atoms with van der Waals surface area (Å²) in [4.78, 5) is 28.9. The largest absolute Gasteiger partial charge is 0.341 e. The predicted octanol–water partition coefficient (Wildman–Crippen LogP) is 4.32. The first-order valence-corrected chi connectivity index (χ1v) is 11.9. The average Bonchev–Trinajstić information content (AvgIpc) is 3.18. The molecule has 0 spiro atoms. The number of carbonyl (C=O) groups excluding carboxylic acids is 1. The number of para-hydroxylation sites is 1. The molecule has 0 bridgehead atoms. The number of fused-ring (bicyclic) bond motifs is 3. The maximum atomic E-state index is 13.8. The maximum Gasteiger partial charge on any atom is 0.291 e. The summed E-state index contributed by atoms with van der Waals surface area (Å²) in [5, 5.41) is 6.00. The van der Waals surface area contributed by atoms with Crippen molar-refractivity contribution < 1.29 is 4.79 Å². The lowest BCUT2D eigenvalue weighted by Gasteiger charge is -2.35. The van der Waals surface area contributed by atoms with Crippen molar-refractivity contribution in [1.82, 2.24) is 19.2 Å². The van der Waals surface area contributed by atoms with Gasteiger partial charge in [0.25, 0.3) is 5.56 Å². The van der Waals surface area contributed by atoms with E-state index in [9.17, 15) is 9.59 Å². The van der Waals surface area contributed by atoms with E-state index in [1.165, 1.54) is 10.2 Å². The molecule has 6 nitrogen and oxygen atoms in total. The lowest BCUT2D eigenvalue weighted by molar-refractivity contribution is -0.136. The van der Waals surface area contributed by atoms with E-state index in [4.69, 9.17) is 0 Å². The van der Waals surface area contributed by atoms with Gasteiger partial charge in [0.15, 0.2) is 0 Å². The fraction of sp³-hybridized carbons (Fsp3) is 0.370. The van der Waals surface area contributed by atoms with Crippen LogP contribution in [0.3, 0.4) is 0 Å². The molecule has 1 aliphatic rings. The highest BCUT2D eigenvalue weighted by Gasteiger charge is 2.31. The van der Waals surface area contributed by atoms with Gasteiger partial charge in [-0.2, -0.15) is 5.10 Å². The molecule has 1 saturated heterocycles. The Morgan fingerprint density at radius 3 is 2.45 bits per heavy atom. The number of benzene rings is 2. The second kappa shape index (κ2) is 8.85. The van der Waals surface area contributed by atoms with E-state index in [1.807, 2.05) is 46.7 Å². The van der Waals surface area contributed by atoms with Crippen LogP contribution in [0.25, 0.3) is 21.8 Å². The molecule has 1 fully saturated rings. The van der Waals surface area contributed by atoms with Gasteiger partial charge < -0.3 is 9.47 Å². The molecule has 0 saturated carbocycles. The summed E-state index contributed by atoms with van der Waals surface area (Å²) >= 11 is 0. The molecule has 1 unspecified atom stereocenters. The van der Waals surface area contributed by atoms with Crippen molar-refractivity contribution in [2.75, 3.05) is 13.1 Å². The monoisotopic (exact) mass is 442 g/mol. The summed E-state index contributed by atoms with van der Waals surface area (Å²) in [7, 11) is 1.66. The Labute approximate surface area is 193 Å². The molecule has 6 heteroatoms. The maximum absolute atomic E-state index is 13.8. The third-order valence-corrected chi connectivity index (χ3v) is 7.08. The first-order valence-electron chi connectivity index (χ1n) is 11.9. The smallest absolute Gasteiger partial charge is 0.291 e. The molecule has 5 rings (SSSR count). The van der Waals surface area contributed by atoms with Crippen LogP contribution in [-0.4, -0.2) is 38.2 Å². The molecular formula is C27H30N4O2. The second-order valence-electron chi connectivity index (χ2n) is 9.11. The Balaban J connectivity index is 1.44. The van der Waals surface area contributed by atoms with Crippen LogP contribution in [0, 0.1) is 5.92 Å². The highest BCUT2D eigenvalue weighted by Crippen LogP contribution is 2.32. The van der Waals surface area contributed by atoms with Gasteiger partial charge in [-0.25, -0.2) is 4.68 Å². The standard InChI is InChI=1S/C27H30N4O2/c1-3-23(26(32)30-15-13-20(14-16-30)17-19-9-5-4-6-10-19)31-24-12-8-7-11-21(24)22-18-28-29(2)27(33)25(22)31/h4-12,18,20,23H,3,13-17H2,1-2H3. The molecule has 1 aliphatic heterocycles. The summed E-state index contributed by atoms with van der Waals surface area (Å²) in [5.74, 6) is 0.709. The SMILES string of the molecule is CCC(C(=O)N1CCC(Cc2ccccc2)CC1)n1c2ccccc2c2cnn(C)c(=O)c21. The molecule has 2 aromatic carbocycles. The first kappa shape index (κ1) is 21.4. The van der Waals surface area contributed by atoms with Crippen LogP contribution in [0.1, 0.15) is 37.8 Å². The minimum Gasteiger partial charge on any atom is -0.341 e. The third-order valence-electron chi connectivity index (χ3n) is 7.08. The van der Waals surface area contributed by atoms with Crippen molar-refractivity contribution in [1.29, 1.82) is 0 Å². The molecule has 2 aromatic heterocycles. The van der Waals surface area contributed by atoms with Crippen molar-refractivity contribution in [3.63, 3.8) is 0 Å². The molecular weight excluding hydrogens is 412 g/mol. The lowest BCUT2D eigenvalue weighted by atomic mass is 9.90. The van der Waals surface area contributed by atoms with Crippen LogP contribution in [0.5, 0.6) is 0 Å². The molecule has 170 valence electrons. The van der Waals surface area contributed by atoms with E-state index in [0.717, 1.165) is 48.6 Å². The van der Waals surface area contributed by atoms with E-state index >= 15 is 0 Å². The zero-order valence-electron chi connectivity index (χ0n) is 19.3. The Kier molecular flexibility index (Phi) is 5.75. The fourth-order valence-electron chi connectivity index (χ4n) is 5.30. The van der Waals surface area contributed by atoms with Gasteiger partial charge in [0.2, 0.25) is 5.91 Å². The van der Waals surface area contributed by atoms with Crippen LogP contribution >= 0.6 is 0 Å². The van der Waals surface area contributed by atoms with Crippen LogP contribution in [-0.2, 0) is 18.3 Å². The van der Waals surface area contributed by atoms with E-state index in [-0.39, 0.29) is 11.5 Å². The molecule has 0 N–H and O–H groups in total. The van der Waals surface area contributed by atoms with E-state index in [1.54, 1.807) is 13.2 Å². The van der Waals surface area contributed by atoms with Crippen LogP contribution < -0.4 is 5.56 Å². The van der Waals surface area contributed by atoms with Gasteiger partial charge in [-0.05, 0) is 43.2 Å². The predicted molar refractivity (Wildman–Crippen MR) is 131 cm³/mol. The number of carbonyl (C=O) groups is 1. The quantitative estimate of drug-likeness (QED) is 0.462. The Hall–Kier alpha value is -3.41. The van der Waals surface area contributed by atoms with Gasteiger partial charge >= 0.3 is 0 Å². The van der Waals surface area contributed by atoms with Crippen molar-refractivity contribution in [2.45, 2.75) is 38.6 Å². The second-order valence-corrected chi connectivity index (χ2v) is 9.11. The van der Waals surface area contributed by atoms with Crippen molar-refractivity contribution in [3.8, 4) is 0 Å². The van der Waals surface area contributed by atoms with Gasteiger partial charge in [0.1, 0.15) is 11.6 Å². The molecule has 33 heavy (non-hydrogen) atoms. The Morgan fingerprint density at radius 1 is 1.03 bits per heavy atom. The Morgan fingerprint density at radius 2 is 1.73 bits per heavy atom. The number of nitrogens with zero attached hydrogens (tertiary/aromatic N) is 4. The normalized spacial score (nSPS) is 15.9. The van der Waals surface area contributed by atoms with Crippen LogP contribution in [0.4, 0.5) is 0 Å².